The molecule has 1 N–H and O–H groups in total. The average Bonchev–Trinajstić information content (AvgIpc) is 3.15. The second-order valence-corrected chi connectivity index (χ2v) is 10.4. The zero-order valence-electron chi connectivity index (χ0n) is 22.6. The van der Waals surface area contributed by atoms with Crippen LogP contribution >= 0.6 is 11.3 Å². The summed E-state index contributed by atoms with van der Waals surface area (Å²) in [5.74, 6) is 0.762. The number of phenolic OH excluding ortho intramolecular Hbond substituents is 1. The molecule has 38 heavy (non-hydrogen) atoms. The molecule has 0 radical (unpaired) electrons. The summed E-state index contributed by atoms with van der Waals surface area (Å²) in [4.78, 5) is 32.1. The van der Waals surface area contributed by atoms with E-state index in [1.54, 1.807) is 39.2 Å². The summed E-state index contributed by atoms with van der Waals surface area (Å²) in [5, 5.41) is 10.1. The Balaban J connectivity index is 1.95. The van der Waals surface area contributed by atoms with Gasteiger partial charge in [0.05, 0.1) is 41.7 Å². The van der Waals surface area contributed by atoms with E-state index in [0.29, 0.717) is 37.7 Å². The minimum Gasteiger partial charge on any atom is -0.507 e. The SMILES string of the molecule is CCOC(=O)C1=C(C)N=c2sc(=Cc3cc(C)c(O)c(C)c3)c(=O)n2C1c1ccc(OC(C)C)c(OC)c1. The maximum Gasteiger partial charge on any atom is 0.338 e. The Labute approximate surface area is 225 Å². The maximum atomic E-state index is 13.8. The second kappa shape index (κ2) is 10.9. The first-order valence-corrected chi connectivity index (χ1v) is 13.2. The van der Waals surface area contributed by atoms with E-state index in [0.717, 1.165) is 16.7 Å². The molecule has 1 unspecified atom stereocenters. The molecule has 8 nitrogen and oxygen atoms in total. The normalized spacial score (nSPS) is 15.4. The number of ether oxygens (including phenoxy) is 3. The summed E-state index contributed by atoms with van der Waals surface area (Å²) in [6.45, 7) is 11.2. The van der Waals surface area contributed by atoms with Crippen LogP contribution in [0, 0.1) is 13.8 Å². The van der Waals surface area contributed by atoms with Gasteiger partial charge in [0.25, 0.3) is 5.56 Å². The lowest BCUT2D eigenvalue weighted by molar-refractivity contribution is -0.139. The van der Waals surface area contributed by atoms with Crippen molar-refractivity contribution in [2.75, 3.05) is 13.7 Å². The maximum absolute atomic E-state index is 13.8. The number of benzene rings is 2. The van der Waals surface area contributed by atoms with Gasteiger partial charge in [0.1, 0.15) is 5.75 Å². The number of nitrogens with zero attached hydrogens (tertiary/aromatic N) is 2. The summed E-state index contributed by atoms with van der Waals surface area (Å²) in [5.41, 5.74) is 3.40. The quantitative estimate of drug-likeness (QED) is 0.460. The molecule has 0 amide bonds. The number of carbonyl (C=O) groups excluding carboxylic acids is 1. The summed E-state index contributed by atoms with van der Waals surface area (Å²) in [6, 6.07) is 8.27. The van der Waals surface area contributed by atoms with Crippen LogP contribution in [0.5, 0.6) is 17.2 Å². The van der Waals surface area contributed by atoms with Crippen LogP contribution in [0.15, 0.2) is 51.4 Å². The van der Waals surface area contributed by atoms with Crippen molar-refractivity contribution in [2.24, 2.45) is 4.99 Å². The molecule has 0 saturated heterocycles. The first kappa shape index (κ1) is 27.2. The molecule has 1 aliphatic heterocycles. The molecule has 1 aromatic heterocycles. The highest BCUT2D eigenvalue weighted by Gasteiger charge is 2.34. The van der Waals surface area contributed by atoms with E-state index in [4.69, 9.17) is 14.2 Å². The van der Waals surface area contributed by atoms with Crippen LogP contribution in [-0.4, -0.2) is 35.5 Å². The van der Waals surface area contributed by atoms with E-state index in [1.807, 2.05) is 45.9 Å². The third-order valence-electron chi connectivity index (χ3n) is 6.19. The predicted molar refractivity (Wildman–Crippen MR) is 147 cm³/mol. The highest BCUT2D eigenvalue weighted by molar-refractivity contribution is 7.07. The van der Waals surface area contributed by atoms with Crippen LogP contribution in [0.4, 0.5) is 0 Å². The number of thiazole rings is 1. The molecule has 200 valence electrons. The second-order valence-electron chi connectivity index (χ2n) is 9.38. The summed E-state index contributed by atoms with van der Waals surface area (Å²) in [6.07, 6.45) is 1.72. The lowest BCUT2D eigenvalue weighted by atomic mass is 9.95. The number of allylic oxidation sites excluding steroid dienone is 1. The van der Waals surface area contributed by atoms with E-state index in [2.05, 4.69) is 4.99 Å². The first-order valence-electron chi connectivity index (χ1n) is 12.4. The molecule has 1 atom stereocenters. The Morgan fingerprint density at radius 3 is 2.45 bits per heavy atom. The van der Waals surface area contributed by atoms with Crippen molar-refractivity contribution in [1.82, 2.24) is 4.57 Å². The molecule has 2 heterocycles. The van der Waals surface area contributed by atoms with Gasteiger partial charge in [0.15, 0.2) is 16.3 Å². The molecule has 1 aliphatic rings. The van der Waals surface area contributed by atoms with Crippen LogP contribution in [0.1, 0.15) is 56.0 Å². The van der Waals surface area contributed by atoms with Crippen LogP contribution in [-0.2, 0) is 9.53 Å². The molecule has 0 fully saturated rings. The van der Waals surface area contributed by atoms with Gasteiger partial charge in [-0.05, 0) is 94.1 Å². The number of fused-ring (bicyclic) bond motifs is 1. The van der Waals surface area contributed by atoms with Crippen molar-refractivity contribution in [3.8, 4) is 17.2 Å². The minimum atomic E-state index is -0.766. The van der Waals surface area contributed by atoms with Crippen molar-refractivity contribution >= 4 is 23.4 Å². The largest absolute Gasteiger partial charge is 0.507 e. The number of aromatic hydroxyl groups is 1. The van der Waals surface area contributed by atoms with Crippen molar-refractivity contribution in [1.29, 1.82) is 0 Å². The smallest absolute Gasteiger partial charge is 0.338 e. The number of aryl methyl sites for hydroxylation is 2. The fourth-order valence-corrected chi connectivity index (χ4v) is 5.58. The number of carbonyl (C=O) groups is 1. The Bertz CT molecular complexity index is 1590. The lowest BCUT2D eigenvalue weighted by Crippen LogP contribution is -2.40. The minimum absolute atomic E-state index is 0.0585. The van der Waals surface area contributed by atoms with Crippen LogP contribution in [0.25, 0.3) is 6.08 Å². The fourth-order valence-electron chi connectivity index (χ4n) is 4.54. The topological polar surface area (TPSA) is 99.4 Å². The monoisotopic (exact) mass is 536 g/mol. The molecular weight excluding hydrogens is 504 g/mol. The van der Waals surface area contributed by atoms with Gasteiger partial charge in [0.2, 0.25) is 0 Å². The van der Waals surface area contributed by atoms with Gasteiger partial charge in [-0.15, -0.1) is 0 Å². The highest BCUT2D eigenvalue weighted by atomic mass is 32.1. The number of esters is 1. The van der Waals surface area contributed by atoms with Crippen molar-refractivity contribution in [2.45, 2.75) is 53.7 Å². The van der Waals surface area contributed by atoms with E-state index in [1.165, 1.54) is 15.9 Å². The van der Waals surface area contributed by atoms with Crippen LogP contribution in [0.3, 0.4) is 0 Å². The number of methoxy groups -OCH3 is 1. The molecule has 0 spiro atoms. The highest BCUT2D eigenvalue weighted by Crippen LogP contribution is 2.36. The standard InChI is InChI=1S/C29H32N2O6S/c1-8-36-28(34)24-18(6)30-29-31(25(24)20-9-10-21(37-15(2)3)22(14-20)35-7)27(33)23(38-29)13-19-11-16(4)26(32)17(5)12-19/h9-15,25,32H,8H2,1-7H3. The number of aromatic nitrogens is 1. The zero-order valence-corrected chi connectivity index (χ0v) is 23.4. The molecule has 0 aliphatic carbocycles. The molecule has 0 saturated carbocycles. The first-order chi connectivity index (χ1) is 18.0. The van der Waals surface area contributed by atoms with Gasteiger partial charge in [0, 0.05) is 0 Å². The Morgan fingerprint density at radius 1 is 1.16 bits per heavy atom. The molecule has 3 aromatic rings. The zero-order chi connectivity index (χ0) is 27.7. The molecular formula is C29H32N2O6S. The van der Waals surface area contributed by atoms with Gasteiger partial charge in [-0.1, -0.05) is 17.4 Å². The molecule has 9 heteroatoms. The number of rotatable bonds is 7. The molecule has 2 aromatic carbocycles. The Kier molecular flexibility index (Phi) is 7.78. The summed E-state index contributed by atoms with van der Waals surface area (Å²) >= 11 is 1.25. The molecule has 0 bridgehead atoms. The Morgan fingerprint density at radius 2 is 1.84 bits per heavy atom. The van der Waals surface area contributed by atoms with Gasteiger partial charge >= 0.3 is 5.97 Å². The third-order valence-corrected chi connectivity index (χ3v) is 7.18. The van der Waals surface area contributed by atoms with Crippen LogP contribution in [0.2, 0.25) is 0 Å². The van der Waals surface area contributed by atoms with E-state index >= 15 is 0 Å². The third kappa shape index (κ3) is 5.11. The van der Waals surface area contributed by atoms with Crippen LogP contribution < -0.4 is 24.4 Å². The number of hydrogen-bond donors (Lipinski definition) is 1. The fraction of sp³-hybridized carbons (Fsp3) is 0.345. The number of phenols is 1. The molecule has 4 rings (SSSR count). The van der Waals surface area contributed by atoms with E-state index < -0.39 is 12.0 Å². The van der Waals surface area contributed by atoms with Crippen molar-refractivity contribution in [3.05, 3.63) is 83.5 Å². The summed E-state index contributed by atoms with van der Waals surface area (Å²) < 4.78 is 18.8. The van der Waals surface area contributed by atoms with Gasteiger partial charge in [-0.3, -0.25) is 9.36 Å². The average molecular weight is 537 g/mol. The number of hydrogen-bond acceptors (Lipinski definition) is 8. The van der Waals surface area contributed by atoms with E-state index in [9.17, 15) is 14.7 Å². The van der Waals surface area contributed by atoms with Gasteiger partial charge in [-0.2, -0.15) is 0 Å². The van der Waals surface area contributed by atoms with Gasteiger partial charge < -0.3 is 19.3 Å². The van der Waals surface area contributed by atoms with Crippen molar-refractivity contribution < 1.29 is 24.1 Å². The summed E-state index contributed by atoms with van der Waals surface area (Å²) in [7, 11) is 1.55. The van der Waals surface area contributed by atoms with Crippen molar-refractivity contribution in [3.63, 3.8) is 0 Å². The van der Waals surface area contributed by atoms with Gasteiger partial charge in [-0.25, -0.2) is 9.79 Å². The Hall–Kier alpha value is -3.85. The predicted octanol–water partition coefficient (Wildman–Crippen LogP) is 3.92. The lowest BCUT2D eigenvalue weighted by Gasteiger charge is -2.25. The van der Waals surface area contributed by atoms with E-state index in [-0.39, 0.29) is 24.0 Å².